The number of anilines is 2. The summed E-state index contributed by atoms with van der Waals surface area (Å²) in [6.45, 7) is 2.69. The molecule has 3 aromatic rings. The van der Waals surface area contributed by atoms with Crippen LogP contribution in [0.15, 0.2) is 24.8 Å². The van der Waals surface area contributed by atoms with Gasteiger partial charge in [-0.05, 0) is 56.4 Å². The third kappa shape index (κ3) is 6.48. The summed E-state index contributed by atoms with van der Waals surface area (Å²) >= 11 is 0. The van der Waals surface area contributed by atoms with E-state index in [1.807, 2.05) is 28.8 Å². The second kappa shape index (κ2) is 11.2. The Balaban J connectivity index is 1.08. The maximum Gasteiger partial charge on any atom is 0.322 e. The number of nitrogen functional groups attached to an aromatic ring is 1. The second-order valence-electron chi connectivity index (χ2n) is 11.3. The predicted molar refractivity (Wildman–Crippen MR) is 149 cm³/mol. The average molecular weight is 559 g/mol. The van der Waals surface area contributed by atoms with E-state index >= 15 is 0 Å². The minimum absolute atomic E-state index is 0.0358. The number of hydrogen-bond donors (Lipinski definition) is 2. The lowest BCUT2D eigenvalue weighted by molar-refractivity contribution is 0.0939. The Morgan fingerprint density at radius 1 is 1.15 bits per heavy atom. The van der Waals surface area contributed by atoms with Crippen LogP contribution in [0.3, 0.4) is 0 Å². The molecule has 0 atom stereocenters. The third-order valence-electron chi connectivity index (χ3n) is 7.88. The molecule has 0 unspecified atom stereocenters. The molecule has 2 saturated carbocycles. The monoisotopic (exact) mass is 558 g/mol. The van der Waals surface area contributed by atoms with Crippen molar-refractivity contribution in [3.05, 3.63) is 30.6 Å². The van der Waals surface area contributed by atoms with E-state index in [1.165, 1.54) is 0 Å². The van der Waals surface area contributed by atoms with Crippen LogP contribution in [-0.4, -0.2) is 68.2 Å². The van der Waals surface area contributed by atoms with Crippen molar-refractivity contribution >= 4 is 17.7 Å². The summed E-state index contributed by atoms with van der Waals surface area (Å²) in [7, 11) is 1.92. The van der Waals surface area contributed by atoms with Gasteiger partial charge in [-0.1, -0.05) is 0 Å². The first-order chi connectivity index (χ1) is 19.9. The van der Waals surface area contributed by atoms with Gasteiger partial charge in [0.25, 0.3) is 5.91 Å². The summed E-state index contributed by atoms with van der Waals surface area (Å²) in [5.41, 5.74) is 7.26. The van der Waals surface area contributed by atoms with Crippen molar-refractivity contribution in [3.63, 3.8) is 0 Å². The van der Waals surface area contributed by atoms with Crippen LogP contribution in [0.2, 0.25) is 0 Å². The molecule has 3 aromatic heterocycles. The fourth-order valence-corrected chi connectivity index (χ4v) is 4.71. The molecule has 4 heterocycles. The maximum atomic E-state index is 12.8. The highest BCUT2D eigenvalue weighted by molar-refractivity contribution is 5.90. The van der Waals surface area contributed by atoms with Crippen LogP contribution in [0, 0.1) is 28.6 Å². The number of imidazole rings is 1. The molecule has 0 aromatic carbocycles. The molecule has 3 N–H and O–H groups in total. The second-order valence-corrected chi connectivity index (χ2v) is 11.3. The number of carbonyl (C=O) groups excluding carboxylic acids is 1. The number of piperidine rings is 1. The number of nitrogens with one attached hydrogen (secondary N) is 1. The van der Waals surface area contributed by atoms with Crippen LogP contribution in [-0.2, 0) is 7.05 Å². The molecule has 214 valence electrons. The molecule has 41 heavy (non-hydrogen) atoms. The Labute approximate surface area is 238 Å². The average Bonchev–Trinajstić information content (AvgIpc) is 3.93. The number of pyridine rings is 1. The van der Waals surface area contributed by atoms with Gasteiger partial charge >= 0.3 is 6.01 Å². The molecule has 13 nitrogen and oxygen atoms in total. The molecule has 3 aliphatic rings. The zero-order chi connectivity index (χ0) is 28.4. The standard InChI is InChI=1S/C28H34N10O3/c1-37-13-21(33-17-37)20-10-22(23(30)31-12-20)40-14-19-4-8-38(9-5-19)26-34-24(25(39)32-11-18-2-3-18)35-27(36-26)41-16-28(15-29)6-7-28/h10,12-13,17-19H,2-9,11,14,16H2,1H3,(H2,30,31)(H,32,39). The number of nitrogens with zero attached hydrogens (tertiary/aromatic N) is 8. The van der Waals surface area contributed by atoms with Crippen molar-refractivity contribution in [1.29, 1.82) is 5.26 Å². The molecular weight excluding hydrogens is 524 g/mol. The van der Waals surface area contributed by atoms with Crippen molar-refractivity contribution in [2.24, 2.45) is 24.3 Å². The van der Waals surface area contributed by atoms with Gasteiger partial charge in [0.1, 0.15) is 6.61 Å². The first-order valence-corrected chi connectivity index (χ1v) is 14.1. The van der Waals surface area contributed by atoms with Crippen LogP contribution < -0.4 is 25.4 Å². The number of aromatic nitrogens is 6. The number of carbonyl (C=O) groups is 1. The lowest BCUT2D eigenvalue weighted by atomic mass is 9.98. The summed E-state index contributed by atoms with van der Waals surface area (Å²) in [6, 6.07) is 4.26. The number of amides is 1. The van der Waals surface area contributed by atoms with Gasteiger partial charge in [-0.15, -0.1) is 0 Å². The highest BCUT2D eigenvalue weighted by atomic mass is 16.5. The Kier molecular flexibility index (Phi) is 7.30. The van der Waals surface area contributed by atoms with Crippen LogP contribution in [0.1, 0.15) is 49.1 Å². The first kappa shape index (κ1) is 26.7. The van der Waals surface area contributed by atoms with E-state index in [2.05, 4.69) is 36.3 Å². The lowest BCUT2D eigenvalue weighted by Gasteiger charge is -2.32. The van der Waals surface area contributed by atoms with Crippen LogP contribution in [0.4, 0.5) is 11.8 Å². The smallest absolute Gasteiger partial charge is 0.322 e. The van der Waals surface area contributed by atoms with Crippen molar-refractivity contribution < 1.29 is 14.3 Å². The number of nitriles is 1. The van der Waals surface area contributed by atoms with Crippen molar-refractivity contribution in [3.8, 4) is 29.1 Å². The summed E-state index contributed by atoms with van der Waals surface area (Å²) in [6.07, 6.45) is 10.9. The largest absolute Gasteiger partial charge is 0.489 e. The molecule has 0 radical (unpaired) electrons. The Hall–Kier alpha value is -4.47. The molecule has 1 saturated heterocycles. The highest BCUT2D eigenvalue weighted by Gasteiger charge is 2.44. The Morgan fingerprint density at radius 2 is 1.95 bits per heavy atom. The van der Waals surface area contributed by atoms with Crippen molar-refractivity contribution in [2.75, 3.05) is 43.5 Å². The van der Waals surface area contributed by atoms with Gasteiger partial charge in [-0.25, -0.2) is 9.97 Å². The van der Waals surface area contributed by atoms with Gasteiger partial charge in [-0.3, -0.25) is 4.79 Å². The van der Waals surface area contributed by atoms with Crippen LogP contribution >= 0.6 is 0 Å². The zero-order valence-electron chi connectivity index (χ0n) is 23.1. The zero-order valence-corrected chi connectivity index (χ0v) is 23.1. The van der Waals surface area contributed by atoms with E-state index in [0.717, 1.165) is 49.8 Å². The van der Waals surface area contributed by atoms with E-state index in [-0.39, 0.29) is 24.3 Å². The molecular formula is C28H34N10O3. The summed E-state index contributed by atoms with van der Waals surface area (Å²) in [4.78, 5) is 36.8. The number of hydrogen-bond acceptors (Lipinski definition) is 11. The summed E-state index contributed by atoms with van der Waals surface area (Å²) < 4.78 is 13.8. The SMILES string of the molecule is Cn1cnc(-c2cnc(N)c(OCC3CCN(c4nc(OCC5(C#N)CC5)nc(C(=O)NCC5CC5)n4)CC3)c2)c1. The molecule has 1 amide bonds. The van der Waals surface area contributed by atoms with Crippen LogP contribution in [0.5, 0.6) is 11.8 Å². The van der Waals surface area contributed by atoms with E-state index in [4.69, 9.17) is 15.2 Å². The van der Waals surface area contributed by atoms with Gasteiger partial charge < -0.3 is 30.0 Å². The topological polar surface area (TPSA) is 170 Å². The van der Waals surface area contributed by atoms with Gasteiger partial charge in [0.15, 0.2) is 11.6 Å². The Bertz CT molecular complexity index is 1450. The van der Waals surface area contributed by atoms with E-state index in [9.17, 15) is 10.1 Å². The normalized spacial score (nSPS) is 18.0. The minimum Gasteiger partial charge on any atom is -0.489 e. The molecule has 0 bridgehead atoms. The predicted octanol–water partition coefficient (Wildman–Crippen LogP) is 2.37. The maximum absolute atomic E-state index is 12.8. The summed E-state index contributed by atoms with van der Waals surface area (Å²) in [5, 5.41) is 12.3. The van der Waals surface area contributed by atoms with E-state index in [1.54, 1.807) is 12.5 Å². The molecule has 6 rings (SSSR count). The fourth-order valence-electron chi connectivity index (χ4n) is 4.71. The van der Waals surface area contributed by atoms with Gasteiger partial charge in [0.2, 0.25) is 11.8 Å². The van der Waals surface area contributed by atoms with Crippen molar-refractivity contribution in [2.45, 2.75) is 38.5 Å². The fraction of sp³-hybridized carbons (Fsp3) is 0.536. The van der Waals surface area contributed by atoms with Crippen molar-refractivity contribution in [1.82, 2.24) is 34.8 Å². The Morgan fingerprint density at radius 3 is 2.63 bits per heavy atom. The molecule has 1 aliphatic heterocycles. The van der Waals surface area contributed by atoms with Gasteiger partial charge in [-0.2, -0.15) is 20.2 Å². The molecule has 2 aliphatic carbocycles. The quantitative estimate of drug-likeness (QED) is 0.354. The molecule has 13 heteroatoms. The molecule has 3 fully saturated rings. The number of nitrogens with two attached hydrogens (primary N) is 1. The minimum atomic E-state index is -0.477. The third-order valence-corrected chi connectivity index (χ3v) is 7.88. The first-order valence-electron chi connectivity index (χ1n) is 14.1. The lowest BCUT2D eigenvalue weighted by Crippen LogP contribution is -2.37. The summed E-state index contributed by atoms with van der Waals surface area (Å²) in [5.74, 6) is 1.82. The molecule has 0 spiro atoms. The van der Waals surface area contributed by atoms with Gasteiger partial charge in [0, 0.05) is 44.6 Å². The van der Waals surface area contributed by atoms with E-state index < -0.39 is 5.41 Å². The number of rotatable bonds is 11. The van der Waals surface area contributed by atoms with E-state index in [0.29, 0.717) is 55.6 Å². The number of aryl methyl sites for hydroxylation is 1. The van der Waals surface area contributed by atoms with Gasteiger partial charge in [0.05, 0.1) is 30.1 Å². The number of ether oxygens (including phenoxy) is 2. The van der Waals surface area contributed by atoms with Crippen LogP contribution in [0.25, 0.3) is 11.3 Å². The highest BCUT2D eigenvalue weighted by Crippen LogP contribution is 2.45.